The van der Waals surface area contributed by atoms with Crippen molar-refractivity contribution >= 4 is 5.97 Å². The fourth-order valence-corrected chi connectivity index (χ4v) is 2.84. The molecular formula is C16H12O6. The second kappa shape index (κ2) is 4.62. The lowest BCUT2D eigenvalue weighted by Crippen LogP contribution is -2.26. The molecular weight excluding hydrogens is 288 g/mol. The summed E-state index contributed by atoms with van der Waals surface area (Å²) in [6, 6.07) is 6.94. The number of benzene rings is 1. The molecule has 22 heavy (non-hydrogen) atoms. The van der Waals surface area contributed by atoms with Gasteiger partial charge < -0.3 is 18.6 Å². The molecule has 0 spiro atoms. The van der Waals surface area contributed by atoms with Crippen LogP contribution in [0.25, 0.3) is 0 Å². The summed E-state index contributed by atoms with van der Waals surface area (Å²) in [7, 11) is 0. The Morgan fingerprint density at radius 3 is 2.73 bits per heavy atom. The van der Waals surface area contributed by atoms with E-state index in [2.05, 4.69) is 0 Å². The predicted octanol–water partition coefficient (Wildman–Crippen LogP) is 2.12. The van der Waals surface area contributed by atoms with Gasteiger partial charge in [0.2, 0.25) is 6.79 Å². The van der Waals surface area contributed by atoms with E-state index in [1.807, 2.05) is 6.07 Å². The molecule has 1 atom stereocenters. The zero-order valence-electron chi connectivity index (χ0n) is 11.8. The Labute approximate surface area is 125 Å². The van der Waals surface area contributed by atoms with Gasteiger partial charge in [0.1, 0.15) is 11.5 Å². The number of rotatable bonds is 1. The Morgan fingerprint density at radius 1 is 1.05 bits per heavy atom. The first-order chi connectivity index (χ1) is 10.6. The molecule has 0 N–H and O–H groups in total. The fourth-order valence-electron chi connectivity index (χ4n) is 2.84. The van der Waals surface area contributed by atoms with E-state index in [9.17, 15) is 9.59 Å². The molecule has 6 heteroatoms. The molecule has 0 radical (unpaired) electrons. The summed E-state index contributed by atoms with van der Waals surface area (Å²) in [5.74, 6) is 1.14. The number of esters is 1. The Hall–Kier alpha value is -2.76. The molecule has 3 heterocycles. The second-order valence-electron chi connectivity index (χ2n) is 5.27. The van der Waals surface area contributed by atoms with Gasteiger partial charge in [-0.05, 0) is 24.6 Å². The van der Waals surface area contributed by atoms with Crippen LogP contribution in [0.4, 0.5) is 0 Å². The number of aryl methyl sites for hydroxylation is 1. The van der Waals surface area contributed by atoms with E-state index in [1.165, 1.54) is 0 Å². The van der Waals surface area contributed by atoms with Crippen LogP contribution >= 0.6 is 0 Å². The third-order valence-electron chi connectivity index (χ3n) is 3.82. The van der Waals surface area contributed by atoms with Crippen molar-refractivity contribution in [3.05, 3.63) is 51.6 Å². The van der Waals surface area contributed by atoms with Crippen LogP contribution in [0.5, 0.6) is 17.2 Å². The van der Waals surface area contributed by atoms with Gasteiger partial charge in [0.15, 0.2) is 11.5 Å². The van der Waals surface area contributed by atoms with Crippen LogP contribution in [0, 0.1) is 6.92 Å². The van der Waals surface area contributed by atoms with E-state index in [4.69, 9.17) is 18.6 Å². The van der Waals surface area contributed by atoms with Crippen molar-refractivity contribution in [1.29, 1.82) is 0 Å². The highest BCUT2D eigenvalue weighted by Crippen LogP contribution is 2.41. The lowest BCUT2D eigenvalue weighted by Gasteiger charge is -2.23. The number of carbonyl (C=O) groups excluding carboxylic acids is 1. The Kier molecular flexibility index (Phi) is 2.72. The van der Waals surface area contributed by atoms with Gasteiger partial charge in [0.05, 0.1) is 12.0 Å². The van der Waals surface area contributed by atoms with Crippen molar-refractivity contribution in [2.45, 2.75) is 19.3 Å². The maximum atomic E-state index is 12.2. The first-order valence-electron chi connectivity index (χ1n) is 6.86. The maximum absolute atomic E-state index is 12.2. The zero-order chi connectivity index (χ0) is 15.3. The van der Waals surface area contributed by atoms with Crippen LogP contribution in [0.15, 0.2) is 33.5 Å². The first kappa shape index (κ1) is 12.9. The minimum Gasteiger partial charge on any atom is -0.454 e. The molecule has 1 aromatic heterocycles. The molecule has 1 aromatic carbocycles. The van der Waals surface area contributed by atoms with E-state index in [1.54, 1.807) is 25.1 Å². The third kappa shape index (κ3) is 1.95. The Balaban J connectivity index is 1.87. The van der Waals surface area contributed by atoms with Gasteiger partial charge in [-0.2, -0.15) is 0 Å². The molecule has 0 aliphatic carbocycles. The van der Waals surface area contributed by atoms with Crippen LogP contribution in [-0.4, -0.2) is 12.8 Å². The Bertz CT molecular complexity index is 835. The molecule has 0 saturated heterocycles. The smallest absolute Gasteiger partial charge is 0.343 e. The molecule has 2 aliphatic rings. The minimum absolute atomic E-state index is 0.0838. The van der Waals surface area contributed by atoms with Gasteiger partial charge in [-0.25, -0.2) is 4.79 Å². The van der Waals surface area contributed by atoms with Crippen molar-refractivity contribution in [2.24, 2.45) is 0 Å². The van der Waals surface area contributed by atoms with Gasteiger partial charge in [-0.1, -0.05) is 6.07 Å². The van der Waals surface area contributed by atoms with Gasteiger partial charge in [-0.3, -0.25) is 4.79 Å². The number of hydrogen-bond donors (Lipinski definition) is 0. The van der Waals surface area contributed by atoms with Crippen LogP contribution in [0.2, 0.25) is 0 Å². The predicted molar refractivity (Wildman–Crippen MR) is 74.4 cm³/mol. The van der Waals surface area contributed by atoms with Crippen molar-refractivity contribution in [3.8, 4) is 17.2 Å². The summed E-state index contributed by atoms with van der Waals surface area (Å²) >= 11 is 0. The van der Waals surface area contributed by atoms with Crippen molar-refractivity contribution < 1.29 is 23.4 Å². The molecule has 0 bridgehead atoms. The SMILES string of the molecule is Cc1cc2c(c(=O)o1)[C@H](c1ccc3c(c1)OCO3)CC(=O)O2. The summed E-state index contributed by atoms with van der Waals surface area (Å²) in [5, 5.41) is 0. The zero-order valence-corrected chi connectivity index (χ0v) is 11.8. The average Bonchev–Trinajstić information content (AvgIpc) is 2.92. The molecule has 4 rings (SSSR count). The van der Waals surface area contributed by atoms with Crippen molar-refractivity contribution in [3.63, 3.8) is 0 Å². The summed E-state index contributed by atoms with van der Waals surface area (Å²) < 4.78 is 21.0. The molecule has 6 nitrogen and oxygen atoms in total. The minimum atomic E-state index is -0.481. The second-order valence-corrected chi connectivity index (χ2v) is 5.27. The molecule has 0 saturated carbocycles. The highest BCUT2D eigenvalue weighted by Gasteiger charge is 2.33. The summed E-state index contributed by atoms with van der Waals surface area (Å²) in [4.78, 5) is 24.0. The fraction of sp³-hybridized carbons (Fsp3) is 0.250. The van der Waals surface area contributed by atoms with Gasteiger partial charge in [0.25, 0.3) is 0 Å². The molecule has 0 fully saturated rings. The topological polar surface area (TPSA) is 75.0 Å². The highest BCUT2D eigenvalue weighted by atomic mass is 16.7. The lowest BCUT2D eigenvalue weighted by molar-refractivity contribution is -0.135. The van der Waals surface area contributed by atoms with Gasteiger partial charge in [0, 0.05) is 12.0 Å². The third-order valence-corrected chi connectivity index (χ3v) is 3.82. The molecule has 112 valence electrons. The van der Waals surface area contributed by atoms with Crippen LogP contribution in [0.1, 0.15) is 29.2 Å². The Morgan fingerprint density at radius 2 is 1.86 bits per heavy atom. The summed E-state index contributed by atoms with van der Waals surface area (Å²) in [6.45, 7) is 1.81. The van der Waals surface area contributed by atoms with Crippen molar-refractivity contribution in [2.75, 3.05) is 6.79 Å². The number of carbonyl (C=O) groups is 1. The van der Waals surface area contributed by atoms with E-state index in [0.717, 1.165) is 5.56 Å². The van der Waals surface area contributed by atoms with E-state index in [-0.39, 0.29) is 24.9 Å². The summed E-state index contributed by atoms with van der Waals surface area (Å²) in [5.41, 5.74) is 0.674. The van der Waals surface area contributed by atoms with E-state index < -0.39 is 11.5 Å². The molecule has 0 amide bonds. The quantitative estimate of drug-likeness (QED) is 0.751. The number of fused-ring (bicyclic) bond motifs is 2. The largest absolute Gasteiger partial charge is 0.454 e. The normalized spacial score (nSPS) is 18.8. The van der Waals surface area contributed by atoms with E-state index >= 15 is 0 Å². The average molecular weight is 300 g/mol. The molecule has 2 aromatic rings. The first-order valence-corrected chi connectivity index (χ1v) is 6.86. The highest BCUT2D eigenvalue weighted by molar-refractivity contribution is 5.77. The van der Waals surface area contributed by atoms with Gasteiger partial charge >= 0.3 is 11.6 Å². The van der Waals surface area contributed by atoms with Crippen LogP contribution in [0.3, 0.4) is 0 Å². The standard InChI is InChI=1S/C16H12O6/c1-8-4-13-15(16(18)21-8)10(6-14(17)22-13)9-2-3-11-12(5-9)20-7-19-11/h2-5,10H,6-7H2,1H3/t10-/m0/s1. The lowest BCUT2D eigenvalue weighted by atomic mass is 9.87. The summed E-state index contributed by atoms with van der Waals surface area (Å²) in [6.07, 6.45) is 0.0838. The van der Waals surface area contributed by atoms with Crippen LogP contribution < -0.4 is 19.8 Å². The monoisotopic (exact) mass is 300 g/mol. The van der Waals surface area contributed by atoms with Crippen molar-refractivity contribution in [1.82, 2.24) is 0 Å². The molecule has 0 unspecified atom stereocenters. The molecule has 2 aliphatic heterocycles. The van der Waals surface area contributed by atoms with E-state index in [0.29, 0.717) is 22.8 Å². The van der Waals surface area contributed by atoms with Gasteiger partial charge in [-0.15, -0.1) is 0 Å². The van der Waals surface area contributed by atoms with Crippen LogP contribution in [-0.2, 0) is 4.79 Å². The maximum Gasteiger partial charge on any atom is 0.343 e. The number of hydrogen-bond acceptors (Lipinski definition) is 6. The number of ether oxygens (including phenoxy) is 3.